The Hall–Kier alpha value is -3.08. The quantitative estimate of drug-likeness (QED) is 0.665. The third kappa shape index (κ3) is 6.29. The van der Waals surface area contributed by atoms with E-state index in [1.807, 2.05) is 26.0 Å². The van der Waals surface area contributed by atoms with Gasteiger partial charge in [-0.05, 0) is 38.0 Å². The Kier molecular flexibility index (Phi) is 8.27. The van der Waals surface area contributed by atoms with E-state index in [4.69, 9.17) is 5.11 Å². The summed E-state index contributed by atoms with van der Waals surface area (Å²) in [5.74, 6) is -0.941. The van der Waals surface area contributed by atoms with Crippen LogP contribution in [0.2, 0.25) is 0 Å². The summed E-state index contributed by atoms with van der Waals surface area (Å²) in [7, 11) is 0. The molecular formula is C22H27FN2O2. The zero-order valence-corrected chi connectivity index (χ0v) is 16.2. The highest BCUT2D eigenvalue weighted by molar-refractivity contribution is 5.94. The van der Waals surface area contributed by atoms with Gasteiger partial charge >= 0.3 is 0 Å². The second-order valence-corrected chi connectivity index (χ2v) is 6.16. The van der Waals surface area contributed by atoms with Crippen molar-refractivity contribution in [2.45, 2.75) is 27.2 Å². The fourth-order valence-electron chi connectivity index (χ4n) is 2.33. The summed E-state index contributed by atoms with van der Waals surface area (Å²) in [6.45, 7) is 17.5. The molecule has 0 bridgehead atoms. The lowest BCUT2D eigenvalue weighted by Crippen LogP contribution is -2.34. The number of phenolic OH excluding ortho intramolecular Hbond substituents is 1. The summed E-state index contributed by atoms with van der Waals surface area (Å²) in [6.07, 6.45) is 4.60. The third-order valence-electron chi connectivity index (χ3n) is 3.95. The molecule has 0 saturated carbocycles. The van der Waals surface area contributed by atoms with Crippen LogP contribution < -0.4 is 10.6 Å². The molecule has 0 unspecified atom stereocenters. The zero-order chi connectivity index (χ0) is 20.6. The predicted molar refractivity (Wildman–Crippen MR) is 109 cm³/mol. The minimum atomic E-state index is -0.597. The number of phenols is 1. The second kappa shape index (κ2) is 10.2. The molecule has 1 amide bonds. The molecule has 0 saturated heterocycles. The van der Waals surface area contributed by atoms with Crippen molar-refractivity contribution >= 4 is 11.5 Å². The van der Waals surface area contributed by atoms with Crippen LogP contribution in [-0.2, 0) is 4.79 Å². The summed E-state index contributed by atoms with van der Waals surface area (Å²) < 4.78 is 12.9. The molecular weight excluding hydrogens is 343 g/mol. The van der Waals surface area contributed by atoms with Gasteiger partial charge in [0.05, 0.1) is 0 Å². The van der Waals surface area contributed by atoms with E-state index < -0.39 is 5.82 Å². The first-order chi connectivity index (χ1) is 12.7. The van der Waals surface area contributed by atoms with Crippen LogP contribution in [-0.4, -0.2) is 17.6 Å². The zero-order valence-electron chi connectivity index (χ0n) is 16.2. The van der Waals surface area contributed by atoms with Crippen LogP contribution >= 0.6 is 0 Å². The number of hydrogen-bond donors (Lipinski definition) is 3. The smallest absolute Gasteiger partial charge is 0.248 e. The molecule has 1 aromatic carbocycles. The molecule has 3 N–H and O–H groups in total. The number of rotatable bonds is 5. The average molecular weight is 370 g/mol. The van der Waals surface area contributed by atoms with E-state index in [0.717, 1.165) is 29.0 Å². The van der Waals surface area contributed by atoms with Gasteiger partial charge < -0.3 is 15.7 Å². The highest BCUT2D eigenvalue weighted by Crippen LogP contribution is 2.23. The largest absolute Gasteiger partial charge is 0.505 e. The lowest BCUT2D eigenvalue weighted by molar-refractivity contribution is -0.117. The van der Waals surface area contributed by atoms with Gasteiger partial charge in [0.25, 0.3) is 0 Å². The Morgan fingerprint density at radius 3 is 2.56 bits per heavy atom. The van der Waals surface area contributed by atoms with Crippen LogP contribution in [0.15, 0.2) is 72.6 Å². The lowest BCUT2D eigenvalue weighted by atomic mass is 10.1. The number of benzene rings is 1. The first-order valence-electron chi connectivity index (χ1n) is 8.58. The number of hydrogen-bond acceptors (Lipinski definition) is 3. The van der Waals surface area contributed by atoms with Crippen LogP contribution in [0.1, 0.15) is 32.8 Å². The fourth-order valence-corrected chi connectivity index (χ4v) is 2.33. The van der Waals surface area contributed by atoms with Crippen molar-refractivity contribution in [3.8, 4) is 5.75 Å². The van der Waals surface area contributed by atoms with Gasteiger partial charge in [-0.15, -0.1) is 0 Å². The Morgan fingerprint density at radius 2 is 2.00 bits per heavy atom. The molecule has 1 aliphatic rings. The maximum atomic E-state index is 12.9. The van der Waals surface area contributed by atoms with Gasteiger partial charge in [0.1, 0.15) is 0 Å². The standard InChI is InChI=1S/C13H18N2O.C9H9FO/c1-5-6-9(2)11(4)15-12-7-8-14-13(16)10(12)3;1-6(2)7-4-3-5-8(11)9(7)10/h5-6,15H,2,4,7-8H2,1,3H3,(H,14,16);3-5,11H,1H2,2H3/b6-5-;. The number of allylic oxidation sites excluding steroid dienone is 3. The maximum Gasteiger partial charge on any atom is 0.248 e. The summed E-state index contributed by atoms with van der Waals surface area (Å²) in [6, 6.07) is 4.47. The highest BCUT2D eigenvalue weighted by atomic mass is 19.1. The number of carbonyl (C=O) groups is 1. The van der Waals surface area contributed by atoms with Crippen molar-refractivity contribution in [3.63, 3.8) is 0 Å². The van der Waals surface area contributed by atoms with E-state index >= 15 is 0 Å². The highest BCUT2D eigenvalue weighted by Gasteiger charge is 2.16. The molecule has 4 nitrogen and oxygen atoms in total. The lowest BCUT2D eigenvalue weighted by Gasteiger charge is -2.21. The normalized spacial score (nSPS) is 13.6. The van der Waals surface area contributed by atoms with Crippen LogP contribution in [0, 0.1) is 5.82 Å². The molecule has 5 heteroatoms. The third-order valence-corrected chi connectivity index (χ3v) is 3.95. The van der Waals surface area contributed by atoms with E-state index in [2.05, 4.69) is 30.4 Å². The number of amides is 1. The molecule has 0 radical (unpaired) electrons. The van der Waals surface area contributed by atoms with Crippen molar-refractivity contribution in [2.75, 3.05) is 6.54 Å². The van der Waals surface area contributed by atoms with E-state index in [0.29, 0.717) is 17.7 Å². The molecule has 2 rings (SSSR count). The van der Waals surface area contributed by atoms with E-state index in [9.17, 15) is 9.18 Å². The van der Waals surface area contributed by atoms with Gasteiger partial charge in [0.2, 0.25) is 5.91 Å². The van der Waals surface area contributed by atoms with Gasteiger partial charge in [-0.25, -0.2) is 4.39 Å². The summed E-state index contributed by atoms with van der Waals surface area (Å²) in [5, 5.41) is 14.9. The first kappa shape index (κ1) is 22.0. The maximum absolute atomic E-state index is 12.9. The molecule has 0 spiro atoms. The number of carbonyl (C=O) groups excluding carboxylic acids is 1. The van der Waals surface area contributed by atoms with E-state index in [1.165, 1.54) is 6.07 Å². The van der Waals surface area contributed by atoms with Crippen molar-refractivity contribution in [1.29, 1.82) is 0 Å². The molecule has 0 fully saturated rings. The topological polar surface area (TPSA) is 61.4 Å². The minimum absolute atomic E-state index is 0.0156. The van der Waals surface area contributed by atoms with Crippen molar-refractivity contribution in [1.82, 2.24) is 10.6 Å². The van der Waals surface area contributed by atoms with Crippen molar-refractivity contribution < 1.29 is 14.3 Å². The van der Waals surface area contributed by atoms with Gasteiger partial charge in [0, 0.05) is 35.5 Å². The molecule has 1 aromatic rings. The van der Waals surface area contributed by atoms with Crippen molar-refractivity contribution in [3.05, 3.63) is 84.0 Å². The van der Waals surface area contributed by atoms with Gasteiger partial charge in [-0.3, -0.25) is 4.79 Å². The molecule has 144 valence electrons. The Labute approximate surface area is 160 Å². The first-order valence-corrected chi connectivity index (χ1v) is 8.58. The van der Waals surface area contributed by atoms with Crippen LogP contribution in [0.5, 0.6) is 5.75 Å². The SMILES string of the molecule is C=C(/C=C\C)C(=C)NC1=C(C)C(=O)NCC1.C=C(C)c1cccc(O)c1F. The van der Waals surface area contributed by atoms with Gasteiger partial charge in [0.15, 0.2) is 11.6 Å². The summed E-state index contributed by atoms with van der Waals surface area (Å²) >= 11 is 0. The van der Waals surface area contributed by atoms with E-state index in [1.54, 1.807) is 19.1 Å². The van der Waals surface area contributed by atoms with Crippen molar-refractivity contribution in [2.24, 2.45) is 0 Å². The fraction of sp³-hybridized carbons (Fsp3) is 0.227. The molecule has 1 heterocycles. The van der Waals surface area contributed by atoms with E-state index in [-0.39, 0.29) is 11.7 Å². The molecule has 0 atom stereocenters. The van der Waals surface area contributed by atoms with Gasteiger partial charge in [-0.1, -0.05) is 44.0 Å². The summed E-state index contributed by atoms with van der Waals surface area (Å²) in [4.78, 5) is 11.4. The number of aromatic hydroxyl groups is 1. The Bertz CT molecular complexity index is 820. The van der Waals surface area contributed by atoms with Crippen LogP contribution in [0.4, 0.5) is 4.39 Å². The Morgan fingerprint density at radius 1 is 1.33 bits per heavy atom. The van der Waals surface area contributed by atoms with Crippen LogP contribution in [0.3, 0.4) is 0 Å². The number of halogens is 1. The van der Waals surface area contributed by atoms with Gasteiger partial charge in [-0.2, -0.15) is 0 Å². The van der Waals surface area contributed by atoms with Crippen LogP contribution in [0.25, 0.3) is 5.57 Å². The second-order valence-electron chi connectivity index (χ2n) is 6.16. The summed E-state index contributed by atoms with van der Waals surface area (Å²) in [5.41, 5.74) is 4.19. The molecule has 27 heavy (non-hydrogen) atoms. The molecule has 0 aliphatic carbocycles. The Balaban J connectivity index is 0.000000289. The molecule has 1 aliphatic heterocycles. The monoisotopic (exact) mass is 370 g/mol. The average Bonchev–Trinajstić information content (AvgIpc) is 2.61. The molecule has 0 aromatic heterocycles. The predicted octanol–water partition coefficient (Wildman–Crippen LogP) is 4.58. The minimum Gasteiger partial charge on any atom is -0.505 e. The number of nitrogens with one attached hydrogen (secondary N) is 2.